The highest BCUT2D eigenvalue weighted by Crippen LogP contribution is 2.21. The van der Waals surface area contributed by atoms with Crippen LogP contribution in [0, 0.1) is 0 Å². The fraction of sp³-hybridized carbons (Fsp3) is 0.500. The lowest BCUT2D eigenvalue weighted by Gasteiger charge is -2.00. The highest BCUT2D eigenvalue weighted by atomic mass is 79.9. The van der Waals surface area contributed by atoms with E-state index in [2.05, 4.69) is 33.4 Å². The number of halogens is 1. The number of thiophene rings is 1. The van der Waals surface area contributed by atoms with Crippen LogP contribution < -0.4 is 5.32 Å². The molecule has 4 heteroatoms. The molecule has 0 atom stereocenters. The minimum absolute atomic E-state index is 0.770. The Morgan fingerprint density at radius 3 is 3.00 bits per heavy atom. The SMILES string of the molecule is COCCNCc1ccc(Br)s1. The van der Waals surface area contributed by atoms with Gasteiger partial charge in [-0.1, -0.05) is 0 Å². The van der Waals surface area contributed by atoms with Gasteiger partial charge in [0.15, 0.2) is 0 Å². The minimum Gasteiger partial charge on any atom is -0.383 e. The van der Waals surface area contributed by atoms with Crippen molar-refractivity contribution in [3.05, 3.63) is 20.8 Å². The normalized spacial score (nSPS) is 10.5. The van der Waals surface area contributed by atoms with Gasteiger partial charge in [0, 0.05) is 25.1 Å². The van der Waals surface area contributed by atoms with Crippen LogP contribution in [0.4, 0.5) is 0 Å². The number of hydrogen-bond acceptors (Lipinski definition) is 3. The number of methoxy groups -OCH3 is 1. The summed E-state index contributed by atoms with van der Waals surface area (Å²) in [5.74, 6) is 0. The molecule has 2 nitrogen and oxygen atoms in total. The predicted molar refractivity (Wildman–Crippen MR) is 55.6 cm³/mol. The van der Waals surface area contributed by atoms with Crippen LogP contribution in [0.3, 0.4) is 0 Å². The van der Waals surface area contributed by atoms with Crippen LogP contribution >= 0.6 is 27.3 Å². The maximum Gasteiger partial charge on any atom is 0.0701 e. The Hall–Kier alpha value is 0.1000. The topological polar surface area (TPSA) is 21.3 Å². The van der Waals surface area contributed by atoms with Crippen molar-refractivity contribution in [3.63, 3.8) is 0 Å². The van der Waals surface area contributed by atoms with Crippen molar-refractivity contribution < 1.29 is 4.74 Å². The molecular weight excluding hydrogens is 238 g/mol. The molecule has 12 heavy (non-hydrogen) atoms. The Morgan fingerprint density at radius 1 is 1.58 bits per heavy atom. The third kappa shape index (κ3) is 3.67. The molecule has 0 unspecified atom stereocenters. The molecule has 0 amide bonds. The van der Waals surface area contributed by atoms with Crippen LogP contribution in [0.5, 0.6) is 0 Å². The Bertz CT molecular complexity index is 227. The standard InChI is InChI=1S/C8H12BrNOS/c1-11-5-4-10-6-7-2-3-8(9)12-7/h2-3,10H,4-6H2,1H3. The van der Waals surface area contributed by atoms with Crippen LogP contribution in [0.2, 0.25) is 0 Å². The van der Waals surface area contributed by atoms with E-state index in [9.17, 15) is 0 Å². The van der Waals surface area contributed by atoms with Crippen LogP contribution in [0.25, 0.3) is 0 Å². The molecular formula is C8H12BrNOS. The zero-order valence-electron chi connectivity index (χ0n) is 6.97. The average molecular weight is 250 g/mol. The summed E-state index contributed by atoms with van der Waals surface area (Å²) in [4.78, 5) is 1.35. The van der Waals surface area contributed by atoms with Crippen molar-refractivity contribution in [2.75, 3.05) is 20.3 Å². The van der Waals surface area contributed by atoms with E-state index >= 15 is 0 Å². The minimum atomic E-state index is 0.770. The van der Waals surface area contributed by atoms with Gasteiger partial charge < -0.3 is 10.1 Å². The zero-order chi connectivity index (χ0) is 8.81. The van der Waals surface area contributed by atoms with Gasteiger partial charge in [-0.15, -0.1) is 11.3 Å². The molecule has 0 aliphatic rings. The quantitative estimate of drug-likeness (QED) is 0.809. The Kier molecular flexibility index (Phi) is 4.83. The molecule has 0 aromatic carbocycles. The van der Waals surface area contributed by atoms with Crippen LogP contribution in [-0.2, 0) is 11.3 Å². The first-order chi connectivity index (χ1) is 5.83. The van der Waals surface area contributed by atoms with Crippen LogP contribution in [0.15, 0.2) is 15.9 Å². The molecule has 0 aliphatic carbocycles. The van der Waals surface area contributed by atoms with Crippen molar-refractivity contribution in [1.29, 1.82) is 0 Å². The molecule has 0 saturated heterocycles. The molecule has 1 aromatic heterocycles. The van der Waals surface area contributed by atoms with Gasteiger partial charge in [0.1, 0.15) is 0 Å². The molecule has 0 fully saturated rings. The van der Waals surface area contributed by atoms with Crippen molar-refractivity contribution in [2.45, 2.75) is 6.54 Å². The molecule has 0 saturated carbocycles. The molecule has 1 rings (SSSR count). The van der Waals surface area contributed by atoms with E-state index in [4.69, 9.17) is 4.74 Å². The van der Waals surface area contributed by atoms with E-state index in [0.29, 0.717) is 0 Å². The average Bonchev–Trinajstić information content (AvgIpc) is 2.45. The number of nitrogens with one attached hydrogen (secondary N) is 1. The Morgan fingerprint density at radius 2 is 2.42 bits per heavy atom. The van der Waals surface area contributed by atoms with Crippen molar-refractivity contribution in [1.82, 2.24) is 5.32 Å². The summed E-state index contributed by atoms with van der Waals surface area (Å²) in [6.07, 6.45) is 0. The lowest BCUT2D eigenvalue weighted by Crippen LogP contribution is -2.17. The Labute approximate surface area is 85.1 Å². The molecule has 0 bridgehead atoms. The fourth-order valence-corrected chi connectivity index (χ4v) is 2.29. The monoisotopic (exact) mass is 249 g/mol. The predicted octanol–water partition coefficient (Wildman–Crippen LogP) is 2.25. The first-order valence-electron chi connectivity index (χ1n) is 3.77. The highest BCUT2D eigenvalue weighted by molar-refractivity contribution is 9.11. The summed E-state index contributed by atoms with van der Waals surface area (Å²) in [5, 5.41) is 3.28. The summed E-state index contributed by atoms with van der Waals surface area (Å²) in [5.41, 5.74) is 0. The maximum absolute atomic E-state index is 4.92. The second-order valence-corrected chi connectivity index (χ2v) is 4.92. The molecule has 68 valence electrons. The summed E-state index contributed by atoms with van der Waals surface area (Å²) in [7, 11) is 1.71. The third-order valence-electron chi connectivity index (χ3n) is 1.41. The first kappa shape index (κ1) is 10.2. The van der Waals surface area contributed by atoms with Crippen LogP contribution in [0.1, 0.15) is 4.88 Å². The number of rotatable bonds is 5. The summed E-state index contributed by atoms with van der Waals surface area (Å²) >= 11 is 5.18. The van der Waals surface area contributed by atoms with E-state index in [-0.39, 0.29) is 0 Å². The third-order valence-corrected chi connectivity index (χ3v) is 3.03. The zero-order valence-corrected chi connectivity index (χ0v) is 9.37. The van der Waals surface area contributed by atoms with Crippen molar-refractivity contribution in [3.8, 4) is 0 Å². The molecule has 1 heterocycles. The number of ether oxygens (including phenoxy) is 1. The van der Waals surface area contributed by atoms with Gasteiger partial charge in [-0.2, -0.15) is 0 Å². The molecule has 0 radical (unpaired) electrons. The van der Waals surface area contributed by atoms with E-state index in [1.54, 1.807) is 18.4 Å². The van der Waals surface area contributed by atoms with Gasteiger partial charge in [0.2, 0.25) is 0 Å². The highest BCUT2D eigenvalue weighted by Gasteiger charge is 1.95. The van der Waals surface area contributed by atoms with Gasteiger partial charge in [-0.05, 0) is 28.1 Å². The Balaban J connectivity index is 2.15. The second kappa shape index (κ2) is 5.70. The first-order valence-corrected chi connectivity index (χ1v) is 5.37. The van der Waals surface area contributed by atoms with E-state index < -0.39 is 0 Å². The summed E-state index contributed by atoms with van der Waals surface area (Å²) in [6.45, 7) is 2.61. The maximum atomic E-state index is 4.92. The van der Waals surface area contributed by atoms with E-state index in [1.807, 2.05) is 0 Å². The largest absolute Gasteiger partial charge is 0.383 e. The summed E-state index contributed by atoms with van der Waals surface area (Å²) < 4.78 is 6.10. The van der Waals surface area contributed by atoms with Crippen molar-refractivity contribution >= 4 is 27.3 Å². The lowest BCUT2D eigenvalue weighted by atomic mass is 10.4. The number of hydrogen-bond donors (Lipinski definition) is 1. The van der Waals surface area contributed by atoms with Gasteiger partial charge in [-0.25, -0.2) is 0 Å². The van der Waals surface area contributed by atoms with E-state index in [1.165, 1.54) is 8.66 Å². The van der Waals surface area contributed by atoms with Gasteiger partial charge >= 0.3 is 0 Å². The smallest absolute Gasteiger partial charge is 0.0701 e. The second-order valence-electron chi connectivity index (χ2n) is 2.38. The summed E-state index contributed by atoms with van der Waals surface area (Å²) in [6, 6.07) is 4.19. The molecule has 1 N–H and O–H groups in total. The van der Waals surface area contributed by atoms with Gasteiger partial charge in [0.25, 0.3) is 0 Å². The van der Waals surface area contributed by atoms with Crippen LogP contribution in [-0.4, -0.2) is 20.3 Å². The fourth-order valence-electron chi connectivity index (χ4n) is 0.833. The van der Waals surface area contributed by atoms with Gasteiger partial charge in [0.05, 0.1) is 10.4 Å². The lowest BCUT2D eigenvalue weighted by molar-refractivity contribution is 0.199. The van der Waals surface area contributed by atoms with E-state index in [0.717, 1.165) is 19.7 Å². The molecule has 1 aromatic rings. The van der Waals surface area contributed by atoms with Crippen molar-refractivity contribution in [2.24, 2.45) is 0 Å². The molecule has 0 spiro atoms. The molecule has 0 aliphatic heterocycles. The van der Waals surface area contributed by atoms with Gasteiger partial charge in [-0.3, -0.25) is 0 Å².